The Balaban J connectivity index is 2.35. The van der Waals surface area contributed by atoms with Crippen LogP contribution in [0, 0.1) is 6.54 Å². The zero-order valence-corrected chi connectivity index (χ0v) is 6.43. The molecule has 3 heteroatoms. The van der Waals surface area contributed by atoms with Crippen LogP contribution in [0.1, 0.15) is 32.1 Å². The summed E-state index contributed by atoms with van der Waals surface area (Å²) in [7, 11) is 0. The third-order valence-corrected chi connectivity index (χ3v) is 1.69. The maximum atomic E-state index is 10.9. The van der Waals surface area contributed by atoms with Crippen LogP contribution in [0.15, 0.2) is 0 Å². The fourth-order valence-corrected chi connectivity index (χ4v) is 1.06. The largest absolute Gasteiger partial charge is 0.351 e. The zero-order valence-electron chi connectivity index (χ0n) is 6.43. The molecule has 61 valence electrons. The first-order valence-electron chi connectivity index (χ1n) is 3.92. The third-order valence-electron chi connectivity index (χ3n) is 1.69. The van der Waals surface area contributed by atoms with Crippen molar-refractivity contribution in [3.8, 4) is 0 Å². The highest BCUT2D eigenvalue weighted by molar-refractivity contribution is 5.81. The molecule has 0 aromatic carbocycles. The summed E-state index contributed by atoms with van der Waals surface area (Å²) in [5.41, 5.74) is 0. The van der Waals surface area contributed by atoms with Crippen LogP contribution in [0.5, 0.6) is 0 Å². The average Bonchev–Trinajstić information content (AvgIpc) is 2.04. The van der Waals surface area contributed by atoms with Gasteiger partial charge in [0.25, 0.3) is 0 Å². The van der Waals surface area contributed by atoms with Crippen molar-refractivity contribution < 1.29 is 9.59 Å². The van der Waals surface area contributed by atoms with E-state index < -0.39 is 0 Å². The fourth-order valence-electron chi connectivity index (χ4n) is 1.06. The maximum Gasteiger partial charge on any atom is 0.220 e. The lowest BCUT2D eigenvalue weighted by Gasteiger charge is -1.98. The van der Waals surface area contributed by atoms with Gasteiger partial charge in [-0.3, -0.25) is 9.59 Å². The van der Waals surface area contributed by atoms with Crippen molar-refractivity contribution >= 4 is 11.7 Å². The molecule has 0 aromatic rings. The smallest absolute Gasteiger partial charge is 0.220 e. The van der Waals surface area contributed by atoms with Crippen LogP contribution < -0.4 is 5.32 Å². The second kappa shape index (κ2) is 4.11. The van der Waals surface area contributed by atoms with Gasteiger partial charge in [0.1, 0.15) is 5.78 Å². The molecule has 1 N–H and O–H groups in total. The van der Waals surface area contributed by atoms with Gasteiger partial charge < -0.3 is 5.32 Å². The predicted octanol–water partition coefficient (Wildman–Crippen LogP) is 0.798. The molecule has 1 amide bonds. The fraction of sp³-hybridized carbons (Fsp3) is 0.625. The van der Waals surface area contributed by atoms with Crippen molar-refractivity contribution in [2.24, 2.45) is 0 Å². The molecule has 0 atom stereocenters. The molecule has 3 nitrogen and oxygen atoms in total. The molecule has 1 aliphatic heterocycles. The lowest BCUT2D eigenvalue weighted by atomic mass is 10.1. The van der Waals surface area contributed by atoms with Crippen molar-refractivity contribution in [1.82, 2.24) is 5.32 Å². The van der Waals surface area contributed by atoms with Crippen molar-refractivity contribution in [2.45, 2.75) is 32.1 Å². The number of carbonyl (C=O) groups excluding carboxylic acids is 2. The highest BCUT2D eigenvalue weighted by atomic mass is 16.1. The van der Waals surface area contributed by atoms with E-state index in [9.17, 15) is 9.59 Å². The number of ketones is 1. The lowest BCUT2D eigenvalue weighted by molar-refractivity contribution is -0.120. The Bertz CT molecular complexity index is 147. The Morgan fingerprint density at radius 3 is 2.82 bits per heavy atom. The third kappa shape index (κ3) is 3.16. The highest BCUT2D eigenvalue weighted by Gasteiger charge is 2.08. The van der Waals surface area contributed by atoms with Gasteiger partial charge in [-0.25, -0.2) is 0 Å². The van der Waals surface area contributed by atoms with Gasteiger partial charge in [-0.15, -0.1) is 0 Å². The molecule has 0 saturated carbocycles. The Hall–Kier alpha value is -0.860. The molecule has 1 rings (SSSR count). The number of carbonyl (C=O) groups is 2. The second-order valence-corrected chi connectivity index (χ2v) is 2.70. The molecule has 1 radical (unpaired) electrons. The normalized spacial score (nSPS) is 21.5. The first-order valence-corrected chi connectivity index (χ1v) is 3.92. The molecule has 1 fully saturated rings. The van der Waals surface area contributed by atoms with E-state index in [4.69, 9.17) is 0 Å². The summed E-state index contributed by atoms with van der Waals surface area (Å²) in [6.07, 6.45) is 2.97. The molecular formula is C8H12NO2. The molecule has 1 saturated heterocycles. The van der Waals surface area contributed by atoms with E-state index in [1.54, 1.807) is 6.54 Å². The molecular weight excluding hydrogens is 142 g/mol. The Kier molecular flexibility index (Phi) is 3.08. The molecule has 1 aliphatic rings. The van der Waals surface area contributed by atoms with Crippen LogP contribution in [0.3, 0.4) is 0 Å². The van der Waals surface area contributed by atoms with Crippen LogP contribution in [-0.2, 0) is 9.59 Å². The average molecular weight is 154 g/mol. The number of nitrogens with one attached hydrogen (secondary N) is 1. The molecule has 0 bridgehead atoms. The first-order chi connectivity index (χ1) is 5.29. The van der Waals surface area contributed by atoms with Crippen molar-refractivity contribution in [3.63, 3.8) is 0 Å². The van der Waals surface area contributed by atoms with E-state index in [-0.39, 0.29) is 11.7 Å². The summed E-state index contributed by atoms with van der Waals surface area (Å²) in [4.78, 5) is 21.8. The van der Waals surface area contributed by atoms with Gasteiger partial charge in [0.05, 0.1) is 0 Å². The molecule has 0 spiro atoms. The standard InChI is InChI=1S/C8H12NO2/c10-7-3-1-5-8(11)9-6-2-4-7/h6H,1-5H2,(H,9,11). The van der Waals surface area contributed by atoms with Crippen LogP contribution in [0.4, 0.5) is 0 Å². The minimum atomic E-state index is 0.0275. The molecule has 1 heterocycles. The van der Waals surface area contributed by atoms with Crippen molar-refractivity contribution in [1.29, 1.82) is 0 Å². The van der Waals surface area contributed by atoms with Gasteiger partial charge in [0.2, 0.25) is 5.91 Å². The summed E-state index contributed by atoms with van der Waals surface area (Å²) in [5, 5.41) is 2.63. The molecule has 11 heavy (non-hydrogen) atoms. The van der Waals surface area contributed by atoms with Crippen molar-refractivity contribution in [2.75, 3.05) is 0 Å². The van der Waals surface area contributed by atoms with Crippen LogP contribution in [0.25, 0.3) is 0 Å². The summed E-state index contributed by atoms with van der Waals surface area (Å²) in [6.45, 7) is 1.67. The Morgan fingerprint density at radius 2 is 2.00 bits per heavy atom. The van der Waals surface area contributed by atoms with E-state index >= 15 is 0 Å². The Morgan fingerprint density at radius 1 is 1.18 bits per heavy atom. The van der Waals surface area contributed by atoms with E-state index in [2.05, 4.69) is 5.32 Å². The van der Waals surface area contributed by atoms with Crippen molar-refractivity contribution in [3.05, 3.63) is 6.54 Å². The minimum absolute atomic E-state index is 0.0275. The summed E-state index contributed by atoms with van der Waals surface area (Å²) >= 11 is 0. The minimum Gasteiger partial charge on any atom is -0.351 e. The maximum absolute atomic E-state index is 10.9. The summed E-state index contributed by atoms with van der Waals surface area (Å²) in [6, 6.07) is 0. The van der Waals surface area contributed by atoms with E-state index in [1.807, 2.05) is 0 Å². The number of hydrogen-bond donors (Lipinski definition) is 1. The van der Waals surface area contributed by atoms with Crippen LogP contribution in [0.2, 0.25) is 0 Å². The van der Waals surface area contributed by atoms with Gasteiger partial charge in [-0.2, -0.15) is 0 Å². The zero-order chi connectivity index (χ0) is 8.10. The van der Waals surface area contributed by atoms with Crippen LogP contribution in [-0.4, -0.2) is 11.7 Å². The monoisotopic (exact) mass is 154 g/mol. The number of Topliss-reactive ketones (excluding diaryl/α,β-unsaturated/α-hetero) is 1. The molecule has 0 unspecified atom stereocenters. The number of amides is 1. The summed E-state index contributed by atoms with van der Waals surface area (Å²) < 4.78 is 0. The SMILES string of the molecule is O=C1CC[CH]NC(=O)CCC1. The van der Waals surface area contributed by atoms with Gasteiger partial charge in [0, 0.05) is 25.8 Å². The lowest BCUT2D eigenvalue weighted by Crippen LogP contribution is -2.19. The van der Waals surface area contributed by atoms with Gasteiger partial charge in [0.15, 0.2) is 0 Å². The number of hydrogen-bond acceptors (Lipinski definition) is 2. The summed E-state index contributed by atoms with van der Waals surface area (Å²) in [5.74, 6) is 0.289. The number of rotatable bonds is 0. The second-order valence-electron chi connectivity index (χ2n) is 2.70. The topological polar surface area (TPSA) is 46.2 Å². The Labute approximate surface area is 66.2 Å². The first kappa shape index (κ1) is 8.24. The molecule has 0 aliphatic carbocycles. The van der Waals surface area contributed by atoms with Gasteiger partial charge in [-0.05, 0) is 12.8 Å². The van der Waals surface area contributed by atoms with Crippen LogP contribution >= 0.6 is 0 Å². The van der Waals surface area contributed by atoms with Gasteiger partial charge in [-0.1, -0.05) is 0 Å². The van der Waals surface area contributed by atoms with E-state index in [0.717, 1.165) is 0 Å². The highest BCUT2D eigenvalue weighted by Crippen LogP contribution is 2.05. The van der Waals surface area contributed by atoms with Gasteiger partial charge >= 0.3 is 0 Å². The quantitative estimate of drug-likeness (QED) is 0.561. The van der Waals surface area contributed by atoms with E-state index in [1.165, 1.54) is 0 Å². The van der Waals surface area contributed by atoms with E-state index in [0.29, 0.717) is 32.1 Å². The predicted molar refractivity (Wildman–Crippen MR) is 40.5 cm³/mol. The molecule has 0 aromatic heterocycles.